The van der Waals surface area contributed by atoms with Crippen molar-refractivity contribution in [2.75, 3.05) is 26.9 Å². The first-order chi connectivity index (χ1) is 14.6. The van der Waals surface area contributed by atoms with Crippen LogP contribution >= 0.6 is 0 Å². The quantitative estimate of drug-likeness (QED) is 0.295. The molecule has 1 aromatic heterocycles. The number of likely N-dealkylation sites (tertiary alicyclic amines) is 1. The summed E-state index contributed by atoms with van der Waals surface area (Å²) in [5, 5.41) is 10.9. The fourth-order valence-corrected chi connectivity index (χ4v) is 3.39. The summed E-state index contributed by atoms with van der Waals surface area (Å²) in [4.78, 5) is 30.9. The van der Waals surface area contributed by atoms with Crippen LogP contribution in [-0.2, 0) is 14.3 Å². The van der Waals surface area contributed by atoms with Crippen molar-refractivity contribution in [2.45, 2.75) is 25.8 Å². The molecule has 1 unspecified atom stereocenters. The lowest BCUT2D eigenvalue weighted by molar-refractivity contribution is -0.140. The molecule has 7 nitrogen and oxygen atoms in total. The van der Waals surface area contributed by atoms with Gasteiger partial charge in [0.15, 0.2) is 0 Å². The molecule has 3 rings (SSSR count). The van der Waals surface area contributed by atoms with Crippen molar-refractivity contribution in [1.82, 2.24) is 9.88 Å². The standard InChI is InChI=1S/C23H26N2O5/c1-3-4-14-30-18-7-5-16(6-8-18)20-19(21(26)17-9-11-24-12-10-17)22(27)23(28)25(20)13-15-29-2/h5-12,20,26H,3-4,13-15H2,1-2H3. The number of carbonyl (C=O) groups is 2. The first-order valence-corrected chi connectivity index (χ1v) is 9.99. The lowest BCUT2D eigenvalue weighted by atomic mass is 9.95. The molecule has 1 amide bonds. The van der Waals surface area contributed by atoms with Gasteiger partial charge in [0.25, 0.3) is 11.7 Å². The average molecular weight is 410 g/mol. The van der Waals surface area contributed by atoms with Crippen molar-refractivity contribution in [3.8, 4) is 5.75 Å². The maximum Gasteiger partial charge on any atom is 0.295 e. The van der Waals surface area contributed by atoms with Crippen LogP contribution in [0.2, 0.25) is 0 Å². The number of Topliss-reactive ketones (excluding diaryl/α,β-unsaturated/α-hetero) is 1. The van der Waals surface area contributed by atoms with E-state index >= 15 is 0 Å². The van der Waals surface area contributed by atoms with Gasteiger partial charge in [0.1, 0.15) is 11.5 Å². The van der Waals surface area contributed by atoms with Crippen LogP contribution in [0, 0.1) is 0 Å². The van der Waals surface area contributed by atoms with Crippen molar-refractivity contribution in [1.29, 1.82) is 0 Å². The van der Waals surface area contributed by atoms with Gasteiger partial charge in [-0.3, -0.25) is 14.6 Å². The van der Waals surface area contributed by atoms with Crippen LogP contribution in [0.5, 0.6) is 5.75 Å². The number of ketones is 1. The molecule has 0 saturated carbocycles. The number of rotatable bonds is 9. The molecule has 0 bridgehead atoms. The Morgan fingerprint density at radius 1 is 1.10 bits per heavy atom. The second kappa shape index (κ2) is 10.0. The van der Waals surface area contributed by atoms with E-state index in [2.05, 4.69) is 11.9 Å². The van der Waals surface area contributed by atoms with Crippen molar-refractivity contribution < 1.29 is 24.2 Å². The van der Waals surface area contributed by atoms with Gasteiger partial charge in [0.05, 0.1) is 24.8 Å². The molecule has 1 aliphatic rings. The largest absolute Gasteiger partial charge is 0.507 e. The maximum atomic E-state index is 12.8. The SMILES string of the molecule is CCCCOc1ccc(C2C(=C(O)c3ccncc3)C(=O)C(=O)N2CCOC)cc1. The third-order valence-corrected chi connectivity index (χ3v) is 4.99. The Bertz CT molecular complexity index is 909. The molecule has 0 radical (unpaired) electrons. The number of nitrogens with zero attached hydrogens (tertiary/aromatic N) is 2. The molecular weight excluding hydrogens is 384 g/mol. The zero-order valence-electron chi connectivity index (χ0n) is 17.2. The van der Waals surface area contributed by atoms with Gasteiger partial charge in [-0.05, 0) is 36.2 Å². The van der Waals surface area contributed by atoms with E-state index in [9.17, 15) is 14.7 Å². The number of aliphatic hydroxyl groups is 1. The van der Waals surface area contributed by atoms with Gasteiger partial charge in [0.2, 0.25) is 0 Å². The molecule has 0 aliphatic carbocycles. The van der Waals surface area contributed by atoms with Crippen LogP contribution in [-0.4, -0.2) is 53.5 Å². The average Bonchev–Trinajstić information content (AvgIpc) is 3.03. The van der Waals surface area contributed by atoms with Crippen LogP contribution < -0.4 is 4.74 Å². The molecule has 1 fully saturated rings. The molecule has 2 heterocycles. The second-order valence-electron chi connectivity index (χ2n) is 6.99. The molecule has 1 aliphatic heterocycles. The highest BCUT2D eigenvalue weighted by Gasteiger charge is 2.45. The first-order valence-electron chi connectivity index (χ1n) is 9.99. The third kappa shape index (κ3) is 4.52. The van der Waals surface area contributed by atoms with E-state index in [1.54, 1.807) is 12.1 Å². The Labute approximate surface area is 175 Å². The molecule has 1 atom stereocenters. The number of pyridine rings is 1. The monoisotopic (exact) mass is 410 g/mol. The van der Waals surface area contributed by atoms with Crippen LogP contribution in [0.1, 0.15) is 36.9 Å². The Balaban J connectivity index is 2.00. The molecule has 7 heteroatoms. The van der Waals surface area contributed by atoms with Crippen molar-refractivity contribution in [2.24, 2.45) is 0 Å². The summed E-state index contributed by atoms with van der Waals surface area (Å²) >= 11 is 0. The van der Waals surface area contributed by atoms with Gasteiger partial charge in [-0.2, -0.15) is 0 Å². The van der Waals surface area contributed by atoms with Crippen LogP contribution in [0.4, 0.5) is 0 Å². The molecular formula is C23H26N2O5. The minimum atomic E-state index is -0.714. The fourth-order valence-electron chi connectivity index (χ4n) is 3.39. The highest BCUT2D eigenvalue weighted by molar-refractivity contribution is 6.46. The highest BCUT2D eigenvalue weighted by Crippen LogP contribution is 2.39. The van der Waals surface area contributed by atoms with E-state index in [-0.39, 0.29) is 24.5 Å². The number of benzene rings is 1. The van der Waals surface area contributed by atoms with Gasteiger partial charge in [-0.25, -0.2) is 0 Å². The Hall–Kier alpha value is -3.19. The molecule has 1 aromatic carbocycles. The number of aromatic nitrogens is 1. The number of methoxy groups -OCH3 is 1. The molecule has 158 valence electrons. The lowest BCUT2D eigenvalue weighted by Crippen LogP contribution is -2.32. The summed E-state index contributed by atoms with van der Waals surface area (Å²) in [5.74, 6) is -0.872. The topological polar surface area (TPSA) is 89.0 Å². The molecule has 2 aromatic rings. The van der Waals surface area contributed by atoms with E-state index in [1.807, 2.05) is 24.3 Å². The summed E-state index contributed by atoms with van der Waals surface area (Å²) in [6.45, 7) is 3.23. The molecule has 1 N–H and O–H groups in total. The van der Waals surface area contributed by atoms with Crippen LogP contribution in [0.3, 0.4) is 0 Å². The summed E-state index contributed by atoms with van der Waals surface area (Å²) in [7, 11) is 1.53. The minimum Gasteiger partial charge on any atom is -0.507 e. The Morgan fingerprint density at radius 2 is 1.80 bits per heavy atom. The summed E-state index contributed by atoms with van der Waals surface area (Å²) < 4.78 is 10.8. The second-order valence-corrected chi connectivity index (χ2v) is 6.99. The first kappa shape index (κ1) is 21.5. The summed E-state index contributed by atoms with van der Waals surface area (Å²) in [6, 6.07) is 9.74. The highest BCUT2D eigenvalue weighted by atomic mass is 16.5. The number of hydrogen-bond acceptors (Lipinski definition) is 6. The van der Waals surface area contributed by atoms with Gasteiger partial charge in [-0.1, -0.05) is 25.5 Å². The predicted molar refractivity (Wildman–Crippen MR) is 112 cm³/mol. The van der Waals surface area contributed by atoms with Gasteiger partial charge in [-0.15, -0.1) is 0 Å². The predicted octanol–water partition coefficient (Wildman–Crippen LogP) is 3.33. The number of ether oxygens (including phenoxy) is 2. The van der Waals surface area contributed by atoms with E-state index in [0.29, 0.717) is 17.7 Å². The van der Waals surface area contributed by atoms with Crippen molar-refractivity contribution in [3.63, 3.8) is 0 Å². The molecule has 1 saturated heterocycles. The molecule has 0 spiro atoms. The molecule has 30 heavy (non-hydrogen) atoms. The normalized spacial score (nSPS) is 18.1. The zero-order chi connectivity index (χ0) is 21.5. The van der Waals surface area contributed by atoms with Gasteiger partial charge < -0.3 is 19.5 Å². The maximum absolute atomic E-state index is 12.8. The summed E-state index contributed by atoms with van der Waals surface area (Å²) in [6.07, 6.45) is 5.05. The fraction of sp³-hybridized carbons (Fsp3) is 0.348. The smallest absolute Gasteiger partial charge is 0.295 e. The number of hydrogen-bond donors (Lipinski definition) is 1. The third-order valence-electron chi connectivity index (χ3n) is 4.99. The Morgan fingerprint density at radius 3 is 2.43 bits per heavy atom. The van der Waals surface area contributed by atoms with Crippen LogP contribution in [0.25, 0.3) is 5.76 Å². The van der Waals surface area contributed by atoms with E-state index < -0.39 is 17.7 Å². The van der Waals surface area contributed by atoms with E-state index in [1.165, 1.54) is 24.4 Å². The minimum absolute atomic E-state index is 0.0574. The zero-order valence-corrected chi connectivity index (χ0v) is 17.2. The van der Waals surface area contributed by atoms with Crippen molar-refractivity contribution >= 4 is 17.4 Å². The van der Waals surface area contributed by atoms with Crippen molar-refractivity contribution in [3.05, 3.63) is 65.5 Å². The van der Waals surface area contributed by atoms with Gasteiger partial charge >= 0.3 is 0 Å². The lowest BCUT2D eigenvalue weighted by Gasteiger charge is -2.25. The summed E-state index contributed by atoms with van der Waals surface area (Å²) in [5.41, 5.74) is 1.20. The number of amides is 1. The Kier molecular flexibility index (Phi) is 7.19. The number of carbonyl (C=O) groups excluding carboxylic acids is 2. The van der Waals surface area contributed by atoms with E-state index in [4.69, 9.17) is 9.47 Å². The number of aliphatic hydroxyl groups excluding tert-OH is 1. The van der Waals surface area contributed by atoms with Gasteiger partial charge in [0, 0.05) is 31.6 Å². The van der Waals surface area contributed by atoms with E-state index in [0.717, 1.165) is 18.6 Å². The number of unbranched alkanes of at least 4 members (excludes halogenated alkanes) is 1. The van der Waals surface area contributed by atoms with Crippen LogP contribution in [0.15, 0.2) is 54.4 Å².